The fourth-order valence-electron chi connectivity index (χ4n) is 2.69. The molecule has 23 heavy (non-hydrogen) atoms. The van der Waals surface area contributed by atoms with Crippen LogP contribution in [-0.4, -0.2) is 21.9 Å². The Bertz CT molecular complexity index is 899. The van der Waals surface area contributed by atoms with Crippen molar-refractivity contribution in [3.05, 3.63) is 42.5 Å². The Balaban J connectivity index is 1.76. The van der Waals surface area contributed by atoms with Crippen molar-refractivity contribution in [1.29, 1.82) is 0 Å². The molecule has 6 heteroatoms. The van der Waals surface area contributed by atoms with E-state index in [1.165, 1.54) is 17.4 Å². The monoisotopic (exact) mass is 324 g/mol. The molecule has 1 aliphatic heterocycles. The van der Waals surface area contributed by atoms with Gasteiger partial charge in [-0.25, -0.2) is 4.98 Å². The lowest BCUT2D eigenvalue weighted by Gasteiger charge is -2.14. The normalized spacial score (nSPS) is 14.9. The van der Waals surface area contributed by atoms with Crippen molar-refractivity contribution in [3.8, 4) is 16.3 Å². The van der Waals surface area contributed by atoms with E-state index in [0.717, 1.165) is 15.1 Å². The zero-order valence-corrected chi connectivity index (χ0v) is 12.8. The van der Waals surface area contributed by atoms with Crippen LogP contribution >= 0.6 is 11.3 Å². The number of hydrogen-bond acceptors (Lipinski definition) is 5. The molecule has 0 unspecified atom stereocenters. The number of aromatic nitrogens is 1. The molecule has 114 valence electrons. The van der Waals surface area contributed by atoms with E-state index in [1.807, 2.05) is 24.3 Å². The maximum absolute atomic E-state index is 11.8. The van der Waals surface area contributed by atoms with Gasteiger partial charge in [-0.3, -0.25) is 14.5 Å². The second-order valence-electron chi connectivity index (χ2n) is 5.31. The van der Waals surface area contributed by atoms with Gasteiger partial charge in [-0.05, 0) is 24.3 Å². The highest BCUT2D eigenvalue weighted by atomic mass is 32.1. The highest BCUT2D eigenvalue weighted by molar-refractivity contribution is 7.21. The van der Waals surface area contributed by atoms with Gasteiger partial charge in [0, 0.05) is 18.9 Å². The number of amides is 2. The first kappa shape index (κ1) is 13.9. The van der Waals surface area contributed by atoms with Crippen molar-refractivity contribution >= 4 is 39.1 Å². The van der Waals surface area contributed by atoms with E-state index in [2.05, 4.69) is 4.98 Å². The average molecular weight is 324 g/mol. The standard InChI is InChI=1S/C17H12N2O3S/c20-13-9-10(19-15(21)7-8-16(19)22)5-6-11(13)17-18-12-3-1-2-4-14(12)23-17/h1-6,9,20H,7-8H2. The number of hydrogen-bond donors (Lipinski definition) is 1. The Hall–Kier alpha value is -2.73. The summed E-state index contributed by atoms with van der Waals surface area (Å²) in [4.78, 5) is 29.2. The van der Waals surface area contributed by atoms with Gasteiger partial charge in [0.05, 0.1) is 21.5 Å². The molecule has 4 rings (SSSR count). The van der Waals surface area contributed by atoms with Crippen LogP contribution in [0.3, 0.4) is 0 Å². The van der Waals surface area contributed by atoms with Gasteiger partial charge in [0.2, 0.25) is 11.8 Å². The lowest BCUT2D eigenvalue weighted by atomic mass is 10.1. The predicted molar refractivity (Wildman–Crippen MR) is 88.4 cm³/mol. The molecular weight excluding hydrogens is 312 g/mol. The SMILES string of the molecule is O=C1CCC(=O)N1c1ccc(-c2nc3ccccc3s2)c(O)c1. The molecule has 0 bridgehead atoms. The van der Waals surface area contributed by atoms with Crippen LogP contribution in [0.15, 0.2) is 42.5 Å². The molecule has 1 saturated heterocycles. The second-order valence-corrected chi connectivity index (χ2v) is 6.34. The topological polar surface area (TPSA) is 70.5 Å². The summed E-state index contributed by atoms with van der Waals surface area (Å²) in [6, 6.07) is 12.6. The molecule has 0 saturated carbocycles. The molecule has 0 atom stereocenters. The largest absolute Gasteiger partial charge is 0.507 e. The summed E-state index contributed by atoms with van der Waals surface area (Å²) in [5, 5.41) is 11.0. The number of phenolic OH excluding ortho intramolecular Hbond substituents is 1. The van der Waals surface area contributed by atoms with Crippen LogP contribution in [0.1, 0.15) is 12.8 Å². The lowest BCUT2D eigenvalue weighted by molar-refractivity contribution is -0.121. The van der Waals surface area contributed by atoms with Gasteiger partial charge in [-0.1, -0.05) is 12.1 Å². The van der Waals surface area contributed by atoms with Gasteiger partial charge in [-0.15, -0.1) is 11.3 Å². The van der Waals surface area contributed by atoms with Gasteiger partial charge in [0.25, 0.3) is 0 Å². The van der Waals surface area contributed by atoms with Crippen LogP contribution in [0, 0.1) is 0 Å². The van der Waals surface area contributed by atoms with Crippen molar-refractivity contribution < 1.29 is 14.7 Å². The number of carbonyl (C=O) groups is 2. The van der Waals surface area contributed by atoms with Crippen LogP contribution in [-0.2, 0) is 9.59 Å². The first-order valence-corrected chi connectivity index (χ1v) is 8.00. The third-order valence-electron chi connectivity index (χ3n) is 3.82. The quantitative estimate of drug-likeness (QED) is 0.734. The van der Waals surface area contributed by atoms with Crippen molar-refractivity contribution in [1.82, 2.24) is 4.98 Å². The minimum Gasteiger partial charge on any atom is -0.507 e. The van der Waals surface area contributed by atoms with Crippen molar-refractivity contribution in [2.45, 2.75) is 12.8 Å². The van der Waals surface area contributed by atoms with E-state index >= 15 is 0 Å². The number of benzene rings is 2. The van der Waals surface area contributed by atoms with E-state index < -0.39 is 0 Å². The summed E-state index contributed by atoms with van der Waals surface area (Å²) in [6.07, 6.45) is 0.443. The summed E-state index contributed by atoms with van der Waals surface area (Å²) in [5.74, 6) is -0.460. The Kier molecular flexibility index (Phi) is 3.12. The lowest BCUT2D eigenvalue weighted by Crippen LogP contribution is -2.28. The highest BCUT2D eigenvalue weighted by Crippen LogP contribution is 2.37. The van der Waals surface area contributed by atoms with E-state index in [1.54, 1.807) is 12.1 Å². The summed E-state index contributed by atoms with van der Waals surface area (Å²) in [5.41, 5.74) is 1.87. The Morgan fingerprint density at radius 1 is 1.04 bits per heavy atom. The van der Waals surface area contributed by atoms with Crippen LogP contribution in [0.25, 0.3) is 20.8 Å². The smallest absolute Gasteiger partial charge is 0.234 e. The van der Waals surface area contributed by atoms with E-state index in [4.69, 9.17) is 0 Å². The zero-order valence-electron chi connectivity index (χ0n) is 12.0. The Morgan fingerprint density at radius 3 is 2.48 bits per heavy atom. The number of rotatable bonds is 2. The Labute approximate surface area is 135 Å². The van der Waals surface area contributed by atoms with Crippen molar-refractivity contribution in [3.63, 3.8) is 0 Å². The number of thiazole rings is 1. The van der Waals surface area contributed by atoms with Gasteiger partial charge < -0.3 is 5.11 Å². The predicted octanol–water partition coefficient (Wildman–Crippen LogP) is 3.32. The molecule has 1 aliphatic rings. The molecule has 0 aliphatic carbocycles. The van der Waals surface area contributed by atoms with Crippen molar-refractivity contribution in [2.75, 3.05) is 4.90 Å². The minimum absolute atomic E-state index is 0.00839. The minimum atomic E-state index is -0.234. The Morgan fingerprint density at radius 2 is 1.78 bits per heavy atom. The summed E-state index contributed by atoms with van der Waals surface area (Å²) >= 11 is 1.49. The maximum Gasteiger partial charge on any atom is 0.234 e. The molecule has 5 nitrogen and oxygen atoms in total. The third kappa shape index (κ3) is 2.27. The van der Waals surface area contributed by atoms with Crippen LogP contribution in [0.4, 0.5) is 5.69 Å². The van der Waals surface area contributed by atoms with Crippen LogP contribution in [0.2, 0.25) is 0 Å². The molecule has 3 aromatic rings. The highest BCUT2D eigenvalue weighted by Gasteiger charge is 2.30. The van der Waals surface area contributed by atoms with Gasteiger partial charge in [0.1, 0.15) is 10.8 Å². The number of nitrogens with zero attached hydrogens (tertiary/aromatic N) is 2. The third-order valence-corrected chi connectivity index (χ3v) is 4.89. The summed E-state index contributed by atoms with van der Waals surface area (Å²) < 4.78 is 1.04. The molecule has 2 amide bonds. The molecule has 1 fully saturated rings. The average Bonchev–Trinajstić information content (AvgIpc) is 3.10. The first-order valence-electron chi connectivity index (χ1n) is 7.18. The molecule has 0 spiro atoms. The van der Waals surface area contributed by atoms with Gasteiger partial charge in [-0.2, -0.15) is 0 Å². The number of phenols is 1. The summed E-state index contributed by atoms with van der Waals surface area (Å²) in [7, 11) is 0. The zero-order chi connectivity index (χ0) is 16.0. The van der Waals surface area contributed by atoms with E-state index in [9.17, 15) is 14.7 Å². The number of fused-ring (bicyclic) bond motifs is 1. The first-order chi connectivity index (χ1) is 11.1. The van der Waals surface area contributed by atoms with E-state index in [-0.39, 0.29) is 30.4 Å². The second kappa shape index (κ2) is 5.17. The number of anilines is 1. The molecule has 1 N–H and O–H groups in total. The molecule has 2 aromatic carbocycles. The maximum atomic E-state index is 11.8. The molecule has 2 heterocycles. The molecule has 0 radical (unpaired) electrons. The molecule has 1 aromatic heterocycles. The fraction of sp³-hybridized carbons (Fsp3) is 0.118. The fourth-order valence-corrected chi connectivity index (χ4v) is 3.69. The van der Waals surface area contributed by atoms with E-state index in [0.29, 0.717) is 16.3 Å². The number of imide groups is 1. The molecular formula is C17H12N2O3S. The van der Waals surface area contributed by atoms with Crippen LogP contribution in [0.5, 0.6) is 5.75 Å². The number of para-hydroxylation sites is 1. The number of aromatic hydroxyl groups is 1. The van der Waals surface area contributed by atoms with Gasteiger partial charge >= 0.3 is 0 Å². The van der Waals surface area contributed by atoms with Crippen molar-refractivity contribution in [2.24, 2.45) is 0 Å². The van der Waals surface area contributed by atoms with Gasteiger partial charge in [0.15, 0.2) is 0 Å². The number of carbonyl (C=O) groups excluding carboxylic acids is 2. The van der Waals surface area contributed by atoms with Crippen LogP contribution < -0.4 is 4.90 Å². The summed E-state index contributed by atoms with van der Waals surface area (Å²) in [6.45, 7) is 0.